The molecule has 1 rings (SSSR count). The second-order valence-electron chi connectivity index (χ2n) is 3.53. The molecule has 0 aliphatic carbocycles. The molecule has 0 bridgehead atoms. The van der Waals surface area contributed by atoms with Crippen LogP contribution in [0.1, 0.15) is 28.4 Å². The highest BCUT2D eigenvalue weighted by molar-refractivity contribution is 6.31. The largest absolute Gasteiger partial charge is 0.478 e. The second-order valence-corrected chi connectivity index (χ2v) is 4.32. The number of carboxylic acid groups (broad SMARTS) is 1. The van der Waals surface area contributed by atoms with Gasteiger partial charge in [-0.2, -0.15) is 0 Å². The van der Waals surface area contributed by atoms with Gasteiger partial charge in [-0.15, -0.1) is 11.6 Å². The van der Waals surface area contributed by atoms with Crippen molar-refractivity contribution in [3.63, 3.8) is 0 Å². The summed E-state index contributed by atoms with van der Waals surface area (Å²) in [5, 5.41) is 28.2. The third-order valence-corrected chi connectivity index (χ3v) is 2.88. The Morgan fingerprint density at radius 3 is 2.47 bits per heavy atom. The van der Waals surface area contributed by atoms with E-state index in [0.717, 1.165) is 0 Å². The zero-order chi connectivity index (χ0) is 13.0. The minimum atomic E-state index is -1.18. The number of alkyl halides is 1. The highest BCUT2D eigenvalue weighted by Gasteiger charge is 2.21. The Morgan fingerprint density at radius 2 is 2.00 bits per heavy atom. The number of carbonyl (C=O) groups is 1. The van der Waals surface area contributed by atoms with Crippen LogP contribution in [0.3, 0.4) is 0 Å². The van der Waals surface area contributed by atoms with Crippen LogP contribution in [0, 0.1) is 0 Å². The molecule has 3 N–H and O–H groups in total. The molecule has 0 saturated carbocycles. The minimum Gasteiger partial charge on any atom is -0.478 e. The third kappa shape index (κ3) is 3.57. The van der Waals surface area contributed by atoms with E-state index in [2.05, 4.69) is 0 Å². The Balaban J connectivity index is 2.95. The van der Waals surface area contributed by atoms with E-state index < -0.39 is 18.2 Å². The van der Waals surface area contributed by atoms with Crippen LogP contribution in [0.25, 0.3) is 0 Å². The maximum absolute atomic E-state index is 10.7. The molecule has 0 aliphatic rings. The molecule has 2 unspecified atom stereocenters. The van der Waals surface area contributed by atoms with Gasteiger partial charge in [0.2, 0.25) is 0 Å². The highest BCUT2D eigenvalue weighted by atomic mass is 35.5. The minimum absolute atomic E-state index is 0.0257. The Morgan fingerprint density at radius 1 is 1.35 bits per heavy atom. The molecule has 0 spiro atoms. The first kappa shape index (κ1) is 14.3. The fourth-order valence-electron chi connectivity index (χ4n) is 1.38. The molecule has 0 heterocycles. The number of halogens is 2. The second kappa shape index (κ2) is 6.21. The van der Waals surface area contributed by atoms with Crippen molar-refractivity contribution in [3.8, 4) is 0 Å². The average molecular weight is 279 g/mol. The normalized spacial score (nSPS) is 14.4. The Labute approximate surface area is 108 Å². The molecule has 0 fully saturated rings. The van der Waals surface area contributed by atoms with Crippen molar-refractivity contribution >= 4 is 29.2 Å². The standard InChI is InChI=1S/C11H12Cl2O4/c12-4-3-9(14)10(15)7-2-1-6(11(16)17)5-8(7)13/h1-2,5,9-10,14-15H,3-4H2,(H,16,17). The van der Waals surface area contributed by atoms with E-state index in [-0.39, 0.29) is 28.5 Å². The first-order valence-electron chi connectivity index (χ1n) is 4.92. The average Bonchev–Trinajstić information content (AvgIpc) is 2.28. The first-order valence-corrected chi connectivity index (χ1v) is 5.83. The zero-order valence-corrected chi connectivity index (χ0v) is 10.3. The summed E-state index contributed by atoms with van der Waals surface area (Å²) in [4.78, 5) is 10.7. The van der Waals surface area contributed by atoms with E-state index in [1.807, 2.05) is 0 Å². The topological polar surface area (TPSA) is 77.8 Å². The summed E-state index contributed by atoms with van der Waals surface area (Å²) < 4.78 is 0. The summed E-state index contributed by atoms with van der Waals surface area (Å²) in [5.41, 5.74) is 0.312. The van der Waals surface area contributed by atoms with E-state index in [4.69, 9.17) is 28.3 Å². The van der Waals surface area contributed by atoms with Crippen molar-refractivity contribution in [2.75, 3.05) is 5.88 Å². The lowest BCUT2D eigenvalue weighted by Gasteiger charge is -2.18. The smallest absolute Gasteiger partial charge is 0.335 e. The van der Waals surface area contributed by atoms with Crippen LogP contribution in [-0.2, 0) is 0 Å². The molecule has 6 heteroatoms. The number of aliphatic hydroxyl groups excluding tert-OH is 2. The molecule has 0 amide bonds. The number of benzene rings is 1. The fraction of sp³-hybridized carbons (Fsp3) is 0.364. The van der Waals surface area contributed by atoms with Crippen LogP contribution >= 0.6 is 23.2 Å². The van der Waals surface area contributed by atoms with Crippen LogP contribution in [-0.4, -0.2) is 33.3 Å². The van der Waals surface area contributed by atoms with Gasteiger partial charge in [0.1, 0.15) is 6.10 Å². The Bertz CT molecular complexity index is 408. The van der Waals surface area contributed by atoms with Gasteiger partial charge in [0.15, 0.2) is 0 Å². The molecule has 0 saturated heterocycles. The molecular weight excluding hydrogens is 267 g/mol. The number of aromatic carboxylic acids is 1. The van der Waals surface area contributed by atoms with Gasteiger partial charge in [-0.1, -0.05) is 17.7 Å². The van der Waals surface area contributed by atoms with Crippen LogP contribution in [0.4, 0.5) is 0 Å². The molecule has 2 atom stereocenters. The van der Waals surface area contributed by atoms with Gasteiger partial charge in [0.25, 0.3) is 0 Å². The van der Waals surface area contributed by atoms with E-state index in [9.17, 15) is 15.0 Å². The predicted molar refractivity (Wildman–Crippen MR) is 64.7 cm³/mol. The lowest BCUT2D eigenvalue weighted by molar-refractivity contribution is 0.0170. The number of hydrogen-bond donors (Lipinski definition) is 3. The van der Waals surface area contributed by atoms with Gasteiger partial charge in [0.05, 0.1) is 11.7 Å². The van der Waals surface area contributed by atoms with Crippen LogP contribution in [0.15, 0.2) is 18.2 Å². The molecule has 17 heavy (non-hydrogen) atoms. The van der Waals surface area contributed by atoms with Gasteiger partial charge >= 0.3 is 5.97 Å². The van der Waals surface area contributed by atoms with E-state index in [1.165, 1.54) is 18.2 Å². The summed E-state index contributed by atoms with van der Waals surface area (Å²) in [5.74, 6) is -0.891. The van der Waals surface area contributed by atoms with Crippen molar-refractivity contribution < 1.29 is 20.1 Å². The number of carboxylic acids is 1. The van der Waals surface area contributed by atoms with Crippen molar-refractivity contribution in [1.82, 2.24) is 0 Å². The van der Waals surface area contributed by atoms with Gasteiger partial charge in [-0.05, 0) is 18.6 Å². The van der Waals surface area contributed by atoms with E-state index in [0.29, 0.717) is 0 Å². The molecule has 0 radical (unpaired) electrons. The quantitative estimate of drug-likeness (QED) is 0.721. The van der Waals surface area contributed by atoms with Gasteiger partial charge < -0.3 is 15.3 Å². The van der Waals surface area contributed by atoms with Crippen LogP contribution < -0.4 is 0 Å². The van der Waals surface area contributed by atoms with Crippen molar-refractivity contribution in [1.29, 1.82) is 0 Å². The summed E-state index contributed by atoms with van der Waals surface area (Å²) in [6, 6.07) is 3.93. The molecular formula is C11H12Cl2O4. The molecule has 0 aromatic heterocycles. The summed E-state index contributed by atoms with van der Waals surface area (Å²) >= 11 is 11.3. The lowest BCUT2D eigenvalue weighted by Crippen LogP contribution is -2.19. The summed E-state index contributed by atoms with van der Waals surface area (Å²) in [7, 11) is 0. The molecule has 4 nitrogen and oxygen atoms in total. The van der Waals surface area contributed by atoms with Crippen molar-refractivity contribution in [2.45, 2.75) is 18.6 Å². The van der Waals surface area contributed by atoms with Crippen molar-refractivity contribution in [3.05, 3.63) is 34.3 Å². The molecule has 0 aliphatic heterocycles. The van der Waals surface area contributed by atoms with E-state index >= 15 is 0 Å². The number of aliphatic hydroxyl groups is 2. The Hall–Kier alpha value is -0.810. The number of hydrogen-bond acceptors (Lipinski definition) is 3. The predicted octanol–water partition coefficient (Wildman–Crippen LogP) is 2.06. The number of rotatable bonds is 5. The molecule has 1 aromatic rings. The summed E-state index contributed by atoms with van der Waals surface area (Å²) in [6.45, 7) is 0. The van der Waals surface area contributed by atoms with E-state index in [1.54, 1.807) is 0 Å². The zero-order valence-electron chi connectivity index (χ0n) is 8.81. The highest BCUT2D eigenvalue weighted by Crippen LogP contribution is 2.27. The molecule has 1 aromatic carbocycles. The SMILES string of the molecule is O=C(O)c1ccc(C(O)C(O)CCCl)c(Cl)c1. The van der Waals surface area contributed by atoms with Crippen molar-refractivity contribution in [2.24, 2.45) is 0 Å². The fourth-order valence-corrected chi connectivity index (χ4v) is 1.89. The van der Waals surface area contributed by atoms with Gasteiger partial charge in [-0.25, -0.2) is 4.79 Å². The summed E-state index contributed by atoms with van der Waals surface area (Å²) in [6.07, 6.45) is -1.98. The third-order valence-electron chi connectivity index (χ3n) is 2.34. The Kier molecular flexibility index (Phi) is 5.21. The van der Waals surface area contributed by atoms with Crippen LogP contribution in [0.2, 0.25) is 5.02 Å². The van der Waals surface area contributed by atoms with Gasteiger partial charge in [0, 0.05) is 16.5 Å². The maximum atomic E-state index is 10.7. The lowest BCUT2D eigenvalue weighted by atomic mass is 10.0. The molecule has 94 valence electrons. The first-order chi connectivity index (χ1) is 7.97. The van der Waals surface area contributed by atoms with Gasteiger partial charge in [-0.3, -0.25) is 0 Å². The van der Waals surface area contributed by atoms with Crippen LogP contribution in [0.5, 0.6) is 0 Å². The maximum Gasteiger partial charge on any atom is 0.335 e. The monoisotopic (exact) mass is 278 g/mol.